The van der Waals surface area contributed by atoms with Gasteiger partial charge in [-0.3, -0.25) is 4.57 Å². The highest BCUT2D eigenvalue weighted by atomic mass is 19.1. The van der Waals surface area contributed by atoms with Gasteiger partial charge in [-0.25, -0.2) is 9.37 Å². The van der Waals surface area contributed by atoms with E-state index in [-0.39, 0.29) is 5.82 Å². The molecule has 0 saturated heterocycles. The van der Waals surface area contributed by atoms with E-state index in [0.717, 1.165) is 23.9 Å². The summed E-state index contributed by atoms with van der Waals surface area (Å²) >= 11 is 0. The fraction of sp³-hybridized carbons (Fsp3) is 0.357. The van der Waals surface area contributed by atoms with Crippen LogP contribution in [0.1, 0.15) is 19.5 Å². The molecule has 1 heterocycles. The molecule has 0 aliphatic rings. The number of aromatic nitrogens is 2. The topological polar surface area (TPSA) is 29.9 Å². The number of nitrogens with zero attached hydrogens (tertiary/aromatic N) is 2. The average Bonchev–Trinajstić information content (AvgIpc) is 2.69. The van der Waals surface area contributed by atoms with E-state index in [1.807, 2.05) is 17.7 Å². The first-order valence-electron chi connectivity index (χ1n) is 6.12. The van der Waals surface area contributed by atoms with E-state index in [4.69, 9.17) is 0 Å². The molecule has 0 radical (unpaired) electrons. The summed E-state index contributed by atoms with van der Waals surface area (Å²) in [5.41, 5.74) is 1.84. The number of hydrogen-bond donors (Lipinski definition) is 1. The number of rotatable bonds is 4. The van der Waals surface area contributed by atoms with Crippen LogP contribution in [0.5, 0.6) is 0 Å². The molecule has 0 fully saturated rings. The van der Waals surface area contributed by atoms with E-state index in [9.17, 15) is 4.39 Å². The van der Waals surface area contributed by atoms with Gasteiger partial charge in [0.05, 0.1) is 5.69 Å². The summed E-state index contributed by atoms with van der Waals surface area (Å²) in [6.07, 6.45) is 1.94. The van der Waals surface area contributed by atoms with Crippen LogP contribution in [0.2, 0.25) is 0 Å². The Kier molecular flexibility index (Phi) is 3.65. The van der Waals surface area contributed by atoms with Crippen molar-refractivity contribution in [3.8, 4) is 5.69 Å². The highest BCUT2D eigenvalue weighted by Crippen LogP contribution is 2.17. The number of halogens is 1. The lowest BCUT2D eigenvalue weighted by molar-refractivity contribution is 0.627. The largest absolute Gasteiger partial charge is 0.355 e. The third-order valence-electron chi connectivity index (χ3n) is 2.60. The summed E-state index contributed by atoms with van der Waals surface area (Å²) in [5.74, 6) is 1.11. The third-order valence-corrected chi connectivity index (χ3v) is 2.60. The second-order valence-electron chi connectivity index (χ2n) is 4.83. The second kappa shape index (κ2) is 5.21. The molecule has 1 N–H and O–H groups in total. The van der Waals surface area contributed by atoms with E-state index in [1.54, 1.807) is 12.1 Å². The van der Waals surface area contributed by atoms with Gasteiger partial charge in [0.2, 0.25) is 5.95 Å². The van der Waals surface area contributed by atoms with Crippen LogP contribution in [0, 0.1) is 18.7 Å². The van der Waals surface area contributed by atoms with Crippen LogP contribution in [0.4, 0.5) is 10.3 Å². The summed E-state index contributed by atoms with van der Waals surface area (Å²) in [7, 11) is 0. The van der Waals surface area contributed by atoms with Gasteiger partial charge in [0.15, 0.2) is 0 Å². The smallest absolute Gasteiger partial charge is 0.207 e. The van der Waals surface area contributed by atoms with Crippen LogP contribution < -0.4 is 5.32 Å². The molecule has 18 heavy (non-hydrogen) atoms. The number of nitrogens with one attached hydrogen (secondary N) is 1. The molecule has 0 atom stereocenters. The van der Waals surface area contributed by atoms with Crippen LogP contribution in [0.25, 0.3) is 5.69 Å². The van der Waals surface area contributed by atoms with Crippen molar-refractivity contribution in [1.82, 2.24) is 9.55 Å². The molecule has 0 unspecified atom stereocenters. The molecule has 0 spiro atoms. The van der Waals surface area contributed by atoms with Gasteiger partial charge < -0.3 is 5.32 Å². The molecule has 96 valence electrons. The Hall–Kier alpha value is -1.84. The van der Waals surface area contributed by atoms with Gasteiger partial charge in [-0.05, 0) is 37.1 Å². The fourth-order valence-electron chi connectivity index (χ4n) is 1.72. The molecular formula is C14H18FN3. The zero-order valence-electron chi connectivity index (χ0n) is 10.9. The average molecular weight is 247 g/mol. The lowest BCUT2D eigenvalue weighted by atomic mass is 10.2. The maximum absolute atomic E-state index is 12.9. The minimum atomic E-state index is -0.229. The zero-order chi connectivity index (χ0) is 13.1. The predicted octanol–water partition coefficient (Wildman–Crippen LogP) is 3.39. The number of imidazole rings is 1. The molecule has 1 aromatic heterocycles. The van der Waals surface area contributed by atoms with Crippen LogP contribution in [-0.4, -0.2) is 16.1 Å². The Morgan fingerprint density at radius 2 is 1.94 bits per heavy atom. The minimum Gasteiger partial charge on any atom is -0.355 e. The molecule has 0 aliphatic carbocycles. The highest BCUT2D eigenvalue weighted by Gasteiger charge is 2.07. The molecule has 3 nitrogen and oxygen atoms in total. The van der Waals surface area contributed by atoms with Gasteiger partial charge in [-0.1, -0.05) is 13.8 Å². The maximum atomic E-state index is 12.9. The molecule has 0 aliphatic heterocycles. The summed E-state index contributed by atoms with van der Waals surface area (Å²) in [4.78, 5) is 4.44. The summed E-state index contributed by atoms with van der Waals surface area (Å²) in [6.45, 7) is 7.09. The second-order valence-corrected chi connectivity index (χ2v) is 4.83. The van der Waals surface area contributed by atoms with Crippen molar-refractivity contribution in [2.45, 2.75) is 20.8 Å². The molecule has 4 heteroatoms. The van der Waals surface area contributed by atoms with Crippen molar-refractivity contribution in [2.24, 2.45) is 5.92 Å². The first-order valence-corrected chi connectivity index (χ1v) is 6.12. The number of benzene rings is 1. The van der Waals surface area contributed by atoms with Crippen LogP contribution in [-0.2, 0) is 0 Å². The van der Waals surface area contributed by atoms with Crippen molar-refractivity contribution >= 4 is 5.95 Å². The lowest BCUT2D eigenvalue weighted by Gasteiger charge is -2.11. The zero-order valence-corrected chi connectivity index (χ0v) is 10.9. The SMILES string of the molecule is Cc1cn(-c2ccc(F)cc2)c(NCC(C)C)n1. The maximum Gasteiger partial charge on any atom is 0.207 e. The Morgan fingerprint density at radius 3 is 2.56 bits per heavy atom. The molecule has 2 aromatic rings. The fourth-order valence-corrected chi connectivity index (χ4v) is 1.72. The highest BCUT2D eigenvalue weighted by molar-refractivity contribution is 5.43. The standard InChI is InChI=1S/C14H18FN3/c1-10(2)8-16-14-17-11(3)9-18(14)13-6-4-12(15)5-7-13/h4-7,9-10H,8H2,1-3H3,(H,16,17). The van der Waals surface area contributed by atoms with Crippen molar-refractivity contribution in [3.05, 3.63) is 42.0 Å². The van der Waals surface area contributed by atoms with Crippen LogP contribution in [0.15, 0.2) is 30.5 Å². The summed E-state index contributed by atoms with van der Waals surface area (Å²) < 4.78 is 14.9. The Morgan fingerprint density at radius 1 is 1.28 bits per heavy atom. The van der Waals surface area contributed by atoms with E-state index in [0.29, 0.717) is 5.92 Å². The number of anilines is 1. The van der Waals surface area contributed by atoms with Gasteiger partial charge >= 0.3 is 0 Å². The molecule has 1 aromatic carbocycles. The molecular weight excluding hydrogens is 229 g/mol. The summed E-state index contributed by atoms with van der Waals surface area (Å²) in [5, 5.41) is 3.30. The quantitative estimate of drug-likeness (QED) is 0.897. The van der Waals surface area contributed by atoms with Gasteiger partial charge in [0, 0.05) is 18.4 Å². The van der Waals surface area contributed by atoms with Gasteiger partial charge in [-0.15, -0.1) is 0 Å². The molecule has 2 rings (SSSR count). The van der Waals surface area contributed by atoms with Gasteiger partial charge in [0.25, 0.3) is 0 Å². The summed E-state index contributed by atoms with van der Waals surface area (Å²) in [6, 6.07) is 6.40. The first-order chi connectivity index (χ1) is 8.56. The first kappa shape index (κ1) is 12.6. The Balaban J connectivity index is 2.29. The van der Waals surface area contributed by atoms with E-state index >= 15 is 0 Å². The number of aryl methyl sites for hydroxylation is 1. The molecule has 0 saturated carbocycles. The van der Waals surface area contributed by atoms with Crippen molar-refractivity contribution in [1.29, 1.82) is 0 Å². The van der Waals surface area contributed by atoms with Gasteiger partial charge in [0.1, 0.15) is 5.82 Å². The third kappa shape index (κ3) is 2.88. The van der Waals surface area contributed by atoms with Crippen LogP contribution >= 0.6 is 0 Å². The van der Waals surface area contributed by atoms with Crippen molar-refractivity contribution < 1.29 is 4.39 Å². The number of hydrogen-bond acceptors (Lipinski definition) is 2. The van der Waals surface area contributed by atoms with Crippen molar-refractivity contribution in [3.63, 3.8) is 0 Å². The van der Waals surface area contributed by atoms with Gasteiger partial charge in [-0.2, -0.15) is 0 Å². The van der Waals surface area contributed by atoms with E-state index in [2.05, 4.69) is 24.1 Å². The minimum absolute atomic E-state index is 0.229. The lowest BCUT2D eigenvalue weighted by Crippen LogP contribution is -2.12. The monoisotopic (exact) mass is 247 g/mol. The molecule has 0 bridgehead atoms. The Labute approximate surface area is 107 Å². The van der Waals surface area contributed by atoms with E-state index < -0.39 is 0 Å². The molecule has 0 amide bonds. The van der Waals surface area contributed by atoms with E-state index in [1.165, 1.54) is 12.1 Å². The van der Waals surface area contributed by atoms with Crippen LogP contribution in [0.3, 0.4) is 0 Å². The normalized spacial score (nSPS) is 10.9. The predicted molar refractivity (Wildman–Crippen MR) is 71.6 cm³/mol. The van der Waals surface area contributed by atoms with Crippen molar-refractivity contribution in [2.75, 3.05) is 11.9 Å². The Bertz CT molecular complexity index is 514.